The van der Waals surface area contributed by atoms with Gasteiger partial charge < -0.3 is 4.90 Å². The number of hydrogen-bond acceptors (Lipinski definition) is 2. The summed E-state index contributed by atoms with van der Waals surface area (Å²) in [5.74, 6) is -0.844. The summed E-state index contributed by atoms with van der Waals surface area (Å²) in [6, 6.07) is -1.02. The van der Waals surface area contributed by atoms with E-state index in [9.17, 15) is 35.9 Å². The number of nitrogens with zero attached hydrogens (tertiary/aromatic N) is 2. The van der Waals surface area contributed by atoms with Crippen LogP contribution >= 0.6 is 0 Å². The SMILES string of the molecule is O=C1[C@H]2C3CCC(C3)N2C(=O)N1c1cc(C(F)(F)F)cc(C(F)(F)F)c1. The Bertz CT molecular complexity index is 743. The van der Waals surface area contributed by atoms with E-state index >= 15 is 0 Å². The van der Waals surface area contributed by atoms with Crippen molar-refractivity contribution >= 4 is 17.6 Å². The van der Waals surface area contributed by atoms with Crippen molar-refractivity contribution in [1.29, 1.82) is 0 Å². The summed E-state index contributed by atoms with van der Waals surface area (Å²) in [6.45, 7) is 0. The molecule has 26 heavy (non-hydrogen) atoms. The van der Waals surface area contributed by atoms with Crippen LogP contribution in [0.5, 0.6) is 0 Å². The molecule has 1 aromatic carbocycles. The van der Waals surface area contributed by atoms with Crippen LogP contribution in [-0.2, 0) is 17.1 Å². The third-order valence-electron chi connectivity index (χ3n) is 5.30. The standard InChI is InChI=1S/C16H12F6N2O2/c17-15(18,19)8-4-9(16(20,21)22)6-11(5-8)24-13(25)12-7-1-2-10(3-7)23(12)14(24)26/h4-7,10,12H,1-3H2/t7?,10?,12-/m1/s1. The number of hydrogen-bond donors (Lipinski definition) is 0. The fraction of sp³-hybridized carbons (Fsp3) is 0.500. The first kappa shape index (κ1) is 17.2. The van der Waals surface area contributed by atoms with Gasteiger partial charge in [-0.1, -0.05) is 0 Å². The van der Waals surface area contributed by atoms with E-state index in [1.165, 1.54) is 4.90 Å². The molecule has 2 unspecified atom stereocenters. The van der Waals surface area contributed by atoms with E-state index < -0.39 is 47.1 Å². The van der Waals surface area contributed by atoms with E-state index in [1.807, 2.05) is 0 Å². The number of alkyl halides is 6. The molecule has 1 aromatic rings. The summed E-state index contributed by atoms with van der Waals surface area (Å²) < 4.78 is 78.1. The quantitative estimate of drug-likeness (QED) is 0.547. The molecule has 3 atom stereocenters. The highest BCUT2D eigenvalue weighted by Crippen LogP contribution is 2.48. The van der Waals surface area contributed by atoms with Crippen molar-refractivity contribution < 1.29 is 35.9 Å². The van der Waals surface area contributed by atoms with Crippen LogP contribution in [0.1, 0.15) is 30.4 Å². The number of fused-ring (bicyclic) bond motifs is 5. The molecule has 2 heterocycles. The largest absolute Gasteiger partial charge is 0.416 e. The van der Waals surface area contributed by atoms with E-state index in [4.69, 9.17) is 0 Å². The summed E-state index contributed by atoms with van der Waals surface area (Å²) in [7, 11) is 0. The maximum absolute atomic E-state index is 13.0. The fourth-order valence-electron chi connectivity index (χ4n) is 4.23. The molecule has 3 fully saturated rings. The van der Waals surface area contributed by atoms with Crippen LogP contribution in [0.15, 0.2) is 18.2 Å². The van der Waals surface area contributed by atoms with Crippen LogP contribution in [-0.4, -0.2) is 28.9 Å². The molecule has 0 aromatic heterocycles. The first-order valence-corrected chi connectivity index (χ1v) is 7.94. The van der Waals surface area contributed by atoms with Crippen LogP contribution in [0.4, 0.5) is 36.8 Å². The zero-order valence-corrected chi connectivity index (χ0v) is 13.1. The summed E-state index contributed by atoms with van der Waals surface area (Å²) in [6.07, 6.45) is -8.04. The lowest BCUT2D eigenvalue weighted by Crippen LogP contribution is -2.40. The van der Waals surface area contributed by atoms with Gasteiger partial charge in [-0.15, -0.1) is 0 Å². The lowest BCUT2D eigenvalue weighted by molar-refractivity contribution is -0.143. The zero-order chi connectivity index (χ0) is 19.0. The second-order valence-electron chi connectivity index (χ2n) is 6.80. The molecule has 1 aliphatic carbocycles. The first-order valence-electron chi connectivity index (χ1n) is 7.94. The first-order chi connectivity index (χ1) is 12.0. The van der Waals surface area contributed by atoms with Gasteiger partial charge in [-0.3, -0.25) is 4.79 Å². The van der Waals surface area contributed by atoms with E-state index in [0.717, 1.165) is 6.42 Å². The molecule has 3 aliphatic rings. The van der Waals surface area contributed by atoms with Gasteiger partial charge in [-0.05, 0) is 43.4 Å². The summed E-state index contributed by atoms with van der Waals surface area (Å²) in [5.41, 5.74) is -3.81. The van der Waals surface area contributed by atoms with Crippen molar-refractivity contribution in [1.82, 2.24) is 4.90 Å². The lowest BCUT2D eigenvalue weighted by atomic mass is 9.99. The Morgan fingerprint density at radius 3 is 1.96 bits per heavy atom. The Labute approximate surface area is 143 Å². The Hall–Kier alpha value is -2.26. The third-order valence-corrected chi connectivity index (χ3v) is 5.30. The van der Waals surface area contributed by atoms with Gasteiger partial charge in [0.25, 0.3) is 5.91 Å². The highest BCUT2D eigenvalue weighted by molar-refractivity contribution is 6.22. The number of rotatable bonds is 1. The topological polar surface area (TPSA) is 40.6 Å². The minimum Gasteiger partial charge on any atom is -0.309 e. The predicted octanol–water partition coefficient (Wildman–Crippen LogP) is 4.04. The smallest absolute Gasteiger partial charge is 0.309 e. The second kappa shape index (κ2) is 5.14. The molecule has 0 N–H and O–H groups in total. The molecular formula is C16H12F6N2O2. The lowest BCUT2D eigenvalue weighted by Gasteiger charge is -2.25. The maximum atomic E-state index is 13.0. The number of amides is 3. The highest BCUT2D eigenvalue weighted by Gasteiger charge is 2.59. The van der Waals surface area contributed by atoms with Crippen LogP contribution < -0.4 is 4.90 Å². The average molecular weight is 378 g/mol. The molecule has 140 valence electrons. The van der Waals surface area contributed by atoms with Crippen molar-refractivity contribution in [3.63, 3.8) is 0 Å². The van der Waals surface area contributed by atoms with Gasteiger partial charge >= 0.3 is 18.4 Å². The van der Waals surface area contributed by atoms with Gasteiger partial charge in [0.2, 0.25) is 0 Å². The minimum absolute atomic E-state index is 0.0284. The predicted molar refractivity (Wildman–Crippen MR) is 76.1 cm³/mol. The molecule has 1 saturated carbocycles. The number of carbonyl (C=O) groups is 2. The maximum Gasteiger partial charge on any atom is 0.416 e. The van der Waals surface area contributed by atoms with Crippen molar-refractivity contribution in [3.8, 4) is 0 Å². The number of benzene rings is 1. The number of piperidine rings is 1. The number of halogens is 6. The molecule has 2 bridgehead atoms. The molecule has 4 rings (SSSR count). The molecule has 4 nitrogen and oxygen atoms in total. The molecule has 2 aliphatic heterocycles. The van der Waals surface area contributed by atoms with Gasteiger partial charge in [0.15, 0.2) is 0 Å². The average Bonchev–Trinajstić information content (AvgIpc) is 3.19. The van der Waals surface area contributed by atoms with E-state index in [-0.39, 0.29) is 18.0 Å². The Morgan fingerprint density at radius 2 is 1.46 bits per heavy atom. The zero-order valence-electron chi connectivity index (χ0n) is 13.1. The second-order valence-corrected chi connectivity index (χ2v) is 6.80. The van der Waals surface area contributed by atoms with E-state index in [1.54, 1.807) is 0 Å². The van der Waals surface area contributed by atoms with Gasteiger partial charge in [0, 0.05) is 6.04 Å². The Balaban J connectivity index is 1.80. The van der Waals surface area contributed by atoms with Crippen LogP contribution in [0.2, 0.25) is 0 Å². The van der Waals surface area contributed by atoms with Gasteiger partial charge in [0.1, 0.15) is 6.04 Å². The number of imide groups is 1. The van der Waals surface area contributed by atoms with Crippen molar-refractivity contribution in [2.75, 3.05) is 4.90 Å². The summed E-state index contributed by atoms with van der Waals surface area (Å²) in [4.78, 5) is 27.0. The number of urea groups is 1. The van der Waals surface area contributed by atoms with Crippen molar-refractivity contribution in [2.24, 2.45) is 5.92 Å². The molecule has 10 heteroatoms. The van der Waals surface area contributed by atoms with Gasteiger partial charge in [-0.25, -0.2) is 9.69 Å². The molecule has 0 radical (unpaired) electrons. The van der Waals surface area contributed by atoms with Gasteiger partial charge in [-0.2, -0.15) is 26.3 Å². The fourth-order valence-corrected chi connectivity index (χ4v) is 4.23. The minimum atomic E-state index is -5.04. The van der Waals surface area contributed by atoms with Crippen molar-refractivity contribution in [2.45, 2.75) is 43.7 Å². The number of anilines is 1. The monoisotopic (exact) mass is 378 g/mol. The Kier molecular flexibility index (Phi) is 3.39. The molecule has 2 saturated heterocycles. The number of carbonyl (C=O) groups excluding carboxylic acids is 2. The molecular weight excluding hydrogens is 366 g/mol. The third kappa shape index (κ3) is 2.38. The van der Waals surface area contributed by atoms with Gasteiger partial charge in [0.05, 0.1) is 16.8 Å². The van der Waals surface area contributed by atoms with E-state index in [2.05, 4.69) is 0 Å². The van der Waals surface area contributed by atoms with Crippen LogP contribution in [0.3, 0.4) is 0 Å². The Morgan fingerprint density at radius 1 is 0.885 bits per heavy atom. The van der Waals surface area contributed by atoms with Crippen molar-refractivity contribution in [3.05, 3.63) is 29.3 Å². The highest BCUT2D eigenvalue weighted by atomic mass is 19.4. The molecule has 0 spiro atoms. The van der Waals surface area contributed by atoms with Crippen LogP contribution in [0, 0.1) is 5.92 Å². The van der Waals surface area contributed by atoms with E-state index in [0.29, 0.717) is 29.9 Å². The summed E-state index contributed by atoms with van der Waals surface area (Å²) in [5, 5.41) is 0. The normalized spacial score (nSPS) is 28.3. The van der Waals surface area contributed by atoms with Crippen LogP contribution in [0.25, 0.3) is 0 Å². The molecule has 3 amide bonds. The summed E-state index contributed by atoms with van der Waals surface area (Å²) >= 11 is 0.